The molecule has 9 nitrogen and oxygen atoms in total. The first kappa shape index (κ1) is 17.7. The second-order valence-electron chi connectivity index (χ2n) is 6.35. The number of guanidine groups is 2. The lowest BCUT2D eigenvalue weighted by atomic mass is 9.87. The van der Waals surface area contributed by atoms with Gasteiger partial charge < -0.3 is 21.3 Å². The molecule has 0 bridgehead atoms. The molecule has 9 heteroatoms. The summed E-state index contributed by atoms with van der Waals surface area (Å²) < 4.78 is 4.67. The monoisotopic (exact) mass is 359 g/mol. The number of hydrogen-bond acceptors (Lipinski definition) is 8. The summed E-state index contributed by atoms with van der Waals surface area (Å²) in [5, 5.41) is 9.68. The summed E-state index contributed by atoms with van der Waals surface area (Å²) in [4.78, 5) is 33.8. The zero-order valence-corrected chi connectivity index (χ0v) is 14.4. The Morgan fingerprint density at radius 3 is 2.54 bits per heavy atom. The smallest absolute Gasteiger partial charge is 0.337 e. The van der Waals surface area contributed by atoms with Crippen LogP contribution in [-0.2, 0) is 4.74 Å². The van der Waals surface area contributed by atoms with E-state index in [2.05, 4.69) is 14.7 Å². The van der Waals surface area contributed by atoms with Crippen LogP contribution in [0.5, 0.6) is 0 Å². The molecule has 0 aromatic heterocycles. The zero-order valence-electron chi connectivity index (χ0n) is 14.4. The van der Waals surface area contributed by atoms with Gasteiger partial charge in [-0.25, -0.2) is 14.6 Å². The van der Waals surface area contributed by atoms with Crippen molar-refractivity contribution < 1.29 is 19.4 Å². The second kappa shape index (κ2) is 6.66. The molecule has 1 spiro atoms. The number of methoxy groups -OCH3 is 1. The molecule has 5 N–H and O–H groups in total. The summed E-state index contributed by atoms with van der Waals surface area (Å²) >= 11 is 0. The van der Waals surface area contributed by atoms with E-state index >= 15 is 0 Å². The molecule has 0 amide bonds. The van der Waals surface area contributed by atoms with Gasteiger partial charge in [0.15, 0.2) is 0 Å². The summed E-state index contributed by atoms with van der Waals surface area (Å²) in [6, 6.07) is 4.31. The number of esters is 1. The predicted octanol–water partition coefficient (Wildman–Crippen LogP) is 1.28. The maximum atomic E-state index is 11.8. The van der Waals surface area contributed by atoms with Gasteiger partial charge in [-0.3, -0.25) is 4.90 Å². The summed E-state index contributed by atoms with van der Waals surface area (Å²) in [6.45, 7) is 0. The third-order valence-electron chi connectivity index (χ3n) is 4.74. The standard InChI is InChI=1S/C17H21N5O4/c1-26-14(25)10-5-6-12(11(9-10)13(23)24)22-16(19)20-15(18)21-17(22)7-3-2-4-8-17/h5-6,9H,2-4,7-8H2,1H3,(H,23,24)(H4,18,19,20,21). The number of carboxylic acids is 1. The van der Waals surface area contributed by atoms with Crippen LogP contribution in [0.1, 0.15) is 52.8 Å². The van der Waals surface area contributed by atoms with Crippen molar-refractivity contribution in [1.29, 1.82) is 0 Å². The Bertz CT molecular complexity index is 811. The molecule has 1 saturated carbocycles. The number of aliphatic imine (C=N–C) groups is 2. The van der Waals surface area contributed by atoms with E-state index in [9.17, 15) is 14.7 Å². The van der Waals surface area contributed by atoms with Gasteiger partial charge >= 0.3 is 11.9 Å². The van der Waals surface area contributed by atoms with Crippen LogP contribution in [0.2, 0.25) is 0 Å². The maximum Gasteiger partial charge on any atom is 0.337 e. The molecule has 26 heavy (non-hydrogen) atoms. The van der Waals surface area contributed by atoms with Crippen LogP contribution >= 0.6 is 0 Å². The van der Waals surface area contributed by atoms with Gasteiger partial charge in [-0.1, -0.05) is 6.42 Å². The highest BCUT2D eigenvalue weighted by molar-refractivity contribution is 6.09. The number of carbonyl (C=O) groups is 2. The first-order chi connectivity index (χ1) is 12.4. The number of hydrogen-bond donors (Lipinski definition) is 3. The van der Waals surface area contributed by atoms with Gasteiger partial charge in [0.2, 0.25) is 11.9 Å². The third kappa shape index (κ3) is 2.96. The largest absolute Gasteiger partial charge is 0.478 e. The maximum absolute atomic E-state index is 11.8. The first-order valence-corrected chi connectivity index (χ1v) is 8.33. The molecule has 0 saturated heterocycles. The number of ether oxygens (including phenoxy) is 1. The van der Waals surface area contributed by atoms with E-state index in [1.165, 1.54) is 25.3 Å². The normalized spacial score (nSPS) is 18.9. The van der Waals surface area contributed by atoms with E-state index in [4.69, 9.17) is 11.5 Å². The number of aromatic carboxylic acids is 1. The minimum Gasteiger partial charge on any atom is -0.478 e. The van der Waals surface area contributed by atoms with Gasteiger partial charge in [0.05, 0.1) is 23.9 Å². The zero-order chi connectivity index (χ0) is 18.9. The molecule has 1 heterocycles. The van der Waals surface area contributed by atoms with Crippen LogP contribution < -0.4 is 16.4 Å². The molecule has 1 fully saturated rings. The van der Waals surface area contributed by atoms with Gasteiger partial charge in [-0.2, -0.15) is 4.99 Å². The molecule has 138 valence electrons. The Kier molecular flexibility index (Phi) is 4.54. The molecule has 3 rings (SSSR count). The van der Waals surface area contributed by atoms with Crippen LogP contribution in [0, 0.1) is 0 Å². The molecule has 2 aliphatic rings. The van der Waals surface area contributed by atoms with Gasteiger partial charge in [0.1, 0.15) is 5.66 Å². The summed E-state index contributed by atoms with van der Waals surface area (Å²) in [5.41, 5.74) is 11.6. The Balaban J connectivity index is 2.15. The highest BCUT2D eigenvalue weighted by Crippen LogP contribution is 2.40. The fourth-order valence-electron chi connectivity index (χ4n) is 3.62. The molecule has 0 atom stereocenters. The molecule has 0 radical (unpaired) electrons. The van der Waals surface area contributed by atoms with E-state index < -0.39 is 17.6 Å². The van der Waals surface area contributed by atoms with E-state index in [0.29, 0.717) is 18.5 Å². The molecule has 1 aromatic carbocycles. The number of carboxylic acid groups (broad SMARTS) is 1. The van der Waals surface area contributed by atoms with Gasteiger partial charge in [-0.15, -0.1) is 0 Å². The molecule has 0 unspecified atom stereocenters. The summed E-state index contributed by atoms with van der Waals surface area (Å²) in [6.07, 6.45) is 4.27. The number of carbonyl (C=O) groups excluding carboxylic acids is 1. The number of anilines is 1. The van der Waals surface area contributed by atoms with Crippen molar-refractivity contribution in [3.8, 4) is 0 Å². The second-order valence-corrected chi connectivity index (χ2v) is 6.35. The average Bonchev–Trinajstić information content (AvgIpc) is 2.61. The van der Waals surface area contributed by atoms with Gasteiger partial charge in [-0.05, 0) is 43.9 Å². The number of rotatable bonds is 3. The average molecular weight is 359 g/mol. The fourth-order valence-corrected chi connectivity index (χ4v) is 3.62. The van der Waals surface area contributed by atoms with Gasteiger partial charge in [0, 0.05) is 0 Å². The molecular formula is C17H21N5O4. The Hall–Kier alpha value is -3.10. The van der Waals surface area contributed by atoms with Crippen LogP contribution in [0.3, 0.4) is 0 Å². The van der Waals surface area contributed by atoms with Crippen molar-refractivity contribution in [1.82, 2.24) is 0 Å². The lowest BCUT2D eigenvalue weighted by molar-refractivity contribution is 0.0600. The molecular weight excluding hydrogens is 338 g/mol. The number of nitrogens with two attached hydrogens (primary N) is 2. The Morgan fingerprint density at radius 1 is 1.23 bits per heavy atom. The van der Waals surface area contributed by atoms with E-state index in [1.54, 1.807) is 4.90 Å². The minimum atomic E-state index is -1.19. The molecule has 1 aliphatic heterocycles. The molecule has 1 aliphatic carbocycles. The van der Waals surface area contributed by atoms with E-state index in [-0.39, 0.29) is 23.0 Å². The predicted molar refractivity (Wildman–Crippen MR) is 96.3 cm³/mol. The summed E-state index contributed by atoms with van der Waals surface area (Å²) in [7, 11) is 1.24. The van der Waals surface area contributed by atoms with Crippen LogP contribution in [0.4, 0.5) is 5.69 Å². The number of benzene rings is 1. The third-order valence-corrected chi connectivity index (χ3v) is 4.74. The SMILES string of the molecule is COC(=O)c1ccc(N2C(N)=NC(N)=NC23CCCCC3)c(C(=O)O)c1. The molecule has 1 aromatic rings. The van der Waals surface area contributed by atoms with Gasteiger partial charge in [0.25, 0.3) is 0 Å². The van der Waals surface area contributed by atoms with Crippen LogP contribution in [0.25, 0.3) is 0 Å². The highest BCUT2D eigenvalue weighted by atomic mass is 16.5. The van der Waals surface area contributed by atoms with Crippen molar-refractivity contribution in [2.24, 2.45) is 21.5 Å². The lowest BCUT2D eigenvalue weighted by Gasteiger charge is -2.46. The van der Waals surface area contributed by atoms with Crippen molar-refractivity contribution in [3.63, 3.8) is 0 Å². The quantitative estimate of drug-likeness (QED) is 0.690. The van der Waals surface area contributed by atoms with Crippen molar-refractivity contribution in [2.75, 3.05) is 12.0 Å². The van der Waals surface area contributed by atoms with Crippen molar-refractivity contribution in [2.45, 2.75) is 37.8 Å². The first-order valence-electron chi connectivity index (χ1n) is 8.33. The number of nitrogens with zero attached hydrogens (tertiary/aromatic N) is 3. The van der Waals surface area contributed by atoms with Crippen molar-refractivity contribution >= 4 is 29.5 Å². The Labute approximate surface area is 150 Å². The topological polar surface area (TPSA) is 144 Å². The fraction of sp³-hybridized carbons (Fsp3) is 0.412. The van der Waals surface area contributed by atoms with E-state index in [1.807, 2.05) is 0 Å². The van der Waals surface area contributed by atoms with Crippen molar-refractivity contribution in [3.05, 3.63) is 29.3 Å². The van der Waals surface area contributed by atoms with E-state index in [0.717, 1.165) is 19.3 Å². The lowest BCUT2D eigenvalue weighted by Crippen LogP contribution is -2.58. The van der Waals surface area contributed by atoms with Crippen LogP contribution in [0.15, 0.2) is 28.2 Å². The highest BCUT2D eigenvalue weighted by Gasteiger charge is 2.43. The minimum absolute atomic E-state index is 0.0772. The summed E-state index contributed by atoms with van der Waals surface area (Å²) in [5.74, 6) is -1.63. The van der Waals surface area contributed by atoms with Crippen LogP contribution in [-0.4, -0.2) is 41.7 Å². The Morgan fingerprint density at radius 2 is 1.92 bits per heavy atom.